The van der Waals surface area contributed by atoms with Gasteiger partial charge in [-0.3, -0.25) is 0 Å². The fourth-order valence-corrected chi connectivity index (χ4v) is 4.70. The van der Waals surface area contributed by atoms with Crippen LogP contribution in [0.3, 0.4) is 0 Å². The third-order valence-corrected chi connectivity index (χ3v) is 5.55. The molecule has 0 fully saturated rings. The number of hydrogen-bond donors (Lipinski definition) is 1. The Bertz CT molecular complexity index is 751. The molecule has 1 atom stereocenters. The van der Waals surface area contributed by atoms with Crippen LogP contribution < -0.4 is 5.32 Å². The van der Waals surface area contributed by atoms with Gasteiger partial charge in [-0.25, -0.2) is 0 Å². The van der Waals surface area contributed by atoms with Gasteiger partial charge in [-0.1, -0.05) is 56.1 Å². The molecule has 1 aromatic heterocycles. The van der Waals surface area contributed by atoms with Gasteiger partial charge in [0.15, 0.2) is 0 Å². The molecular weight excluding hydrogens is 398 g/mol. The average Bonchev–Trinajstić information content (AvgIpc) is 2.86. The van der Waals surface area contributed by atoms with Crippen molar-refractivity contribution in [2.45, 2.75) is 6.04 Å². The Morgan fingerprint density at radius 1 is 1.05 bits per heavy atom. The van der Waals surface area contributed by atoms with Crippen LogP contribution in [0.15, 0.2) is 56.8 Å². The first-order valence-electron chi connectivity index (χ1n) is 6.29. The lowest BCUT2D eigenvalue weighted by atomic mass is 9.98. The van der Waals surface area contributed by atoms with Gasteiger partial charge in [0.1, 0.15) is 0 Å². The molecule has 0 radical (unpaired) electrons. The van der Waals surface area contributed by atoms with E-state index in [1.165, 1.54) is 21.2 Å². The maximum Gasteiger partial charge on any atom is 0.0599 e. The summed E-state index contributed by atoms with van der Waals surface area (Å²) in [6.07, 6.45) is 0. The van der Waals surface area contributed by atoms with Crippen LogP contribution in [0, 0.1) is 0 Å². The van der Waals surface area contributed by atoms with Gasteiger partial charge in [0.25, 0.3) is 0 Å². The zero-order valence-electron chi connectivity index (χ0n) is 10.9. The molecule has 0 aliphatic rings. The van der Waals surface area contributed by atoms with Crippen LogP contribution >= 0.6 is 43.2 Å². The highest BCUT2D eigenvalue weighted by atomic mass is 79.9. The monoisotopic (exact) mass is 409 g/mol. The fourth-order valence-electron chi connectivity index (χ4n) is 2.44. The molecule has 0 spiro atoms. The first-order chi connectivity index (χ1) is 9.70. The lowest BCUT2D eigenvalue weighted by Gasteiger charge is -2.18. The number of hydrogen-bond acceptors (Lipinski definition) is 2. The van der Waals surface area contributed by atoms with E-state index in [4.69, 9.17) is 0 Å². The molecule has 102 valence electrons. The number of rotatable bonds is 3. The SMILES string of the molecule is CNC(c1ccc(Br)cc1Br)c1csc2ccccc12. The Hall–Kier alpha value is -0.680. The Morgan fingerprint density at radius 3 is 2.60 bits per heavy atom. The van der Waals surface area contributed by atoms with Crippen molar-refractivity contribution >= 4 is 53.3 Å². The van der Waals surface area contributed by atoms with Crippen LogP contribution in [0.2, 0.25) is 0 Å². The Morgan fingerprint density at radius 2 is 1.85 bits per heavy atom. The third-order valence-electron chi connectivity index (χ3n) is 3.38. The largest absolute Gasteiger partial charge is 0.309 e. The summed E-state index contributed by atoms with van der Waals surface area (Å²) in [4.78, 5) is 0. The van der Waals surface area contributed by atoms with Gasteiger partial charge in [0.05, 0.1) is 6.04 Å². The first kappa shape index (κ1) is 14.3. The standard InChI is InChI=1S/C16H13Br2NS/c1-19-16(12-7-6-10(17)8-14(12)18)13-9-20-15-5-3-2-4-11(13)15/h2-9,16,19H,1H3. The number of benzene rings is 2. The Kier molecular flexibility index (Phi) is 4.26. The van der Waals surface area contributed by atoms with Crippen LogP contribution in [0.4, 0.5) is 0 Å². The van der Waals surface area contributed by atoms with E-state index in [0.29, 0.717) is 0 Å². The molecule has 0 aliphatic carbocycles. The maximum absolute atomic E-state index is 3.67. The summed E-state index contributed by atoms with van der Waals surface area (Å²) >= 11 is 8.98. The molecular formula is C16H13Br2NS. The van der Waals surface area contributed by atoms with Crippen molar-refractivity contribution in [2.24, 2.45) is 0 Å². The molecule has 1 nitrogen and oxygen atoms in total. The van der Waals surface area contributed by atoms with Crippen molar-refractivity contribution in [3.63, 3.8) is 0 Å². The molecule has 3 aromatic rings. The molecule has 1 unspecified atom stereocenters. The number of fused-ring (bicyclic) bond motifs is 1. The molecule has 0 aliphatic heterocycles. The zero-order valence-corrected chi connectivity index (χ0v) is 14.8. The van der Waals surface area contributed by atoms with E-state index in [2.05, 4.69) is 85.0 Å². The third kappa shape index (κ3) is 2.58. The highest BCUT2D eigenvalue weighted by Crippen LogP contribution is 2.36. The van der Waals surface area contributed by atoms with Gasteiger partial charge < -0.3 is 5.32 Å². The van der Waals surface area contributed by atoms with Gasteiger partial charge in [0, 0.05) is 13.6 Å². The van der Waals surface area contributed by atoms with E-state index < -0.39 is 0 Å². The summed E-state index contributed by atoms with van der Waals surface area (Å²) < 4.78 is 3.52. The van der Waals surface area contributed by atoms with Gasteiger partial charge in [0.2, 0.25) is 0 Å². The second kappa shape index (κ2) is 5.98. The Labute approximate surface area is 139 Å². The maximum atomic E-state index is 3.67. The highest BCUT2D eigenvalue weighted by molar-refractivity contribution is 9.11. The second-order valence-electron chi connectivity index (χ2n) is 4.57. The molecule has 4 heteroatoms. The smallest absolute Gasteiger partial charge is 0.0599 e. The van der Waals surface area contributed by atoms with Crippen molar-refractivity contribution in [2.75, 3.05) is 7.05 Å². The van der Waals surface area contributed by atoms with E-state index in [1.807, 2.05) is 7.05 Å². The van der Waals surface area contributed by atoms with Crippen LogP contribution in [0.5, 0.6) is 0 Å². The molecule has 3 rings (SSSR count). The quantitative estimate of drug-likeness (QED) is 0.580. The van der Waals surface area contributed by atoms with Crippen LogP contribution in [0.1, 0.15) is 17.2 Å². The summed E-state index contributed by atoms with van der Waals surface area (Å²) in [5, 5.41) is 7.01. The van der Waals surface area contributed by atoms with Gasteiger partial charge in [-0.2, -0.15) is 0 Å². The minimum atomic E-state index is 0.189. The minimum Gasteiger partial charge on any atom is -0.309 e. The predicted octanol–water partition coefficient (Wildman–Crippen LogP) is 5.74. The number of thiophene rings is 1. The molecule has 0 amide bonds. The van der Waals surface area contributed by atoms with E-state index in [-0.39, 0.29) is 6.04 Å². The fraction of sp³-hybridized carbons (Fsp3) is 0.125. The molecule has 2 aromatic carbocycles. The molecule has 1 heterocycles. The minimum absolute atomic E-state index is 0.189. The summed E-state index contributed by atoms with van der Waals surface area (Å²) in [6.45, 7) is 0. The summed E-state index contributed by atoms with van der Waals surface area (Å²) in [6, 6.07) is 15.1. The van der Waals surface area contributed by atoms with Crippen molar-refractivity contribution < 1.29 is 0 Å². The van der Waals surface area contributed by atoms with E-state index in [1.54, 1.807) is 11.3 Å². The summed E-state index contributed by atoms with van der Waals surface area (Å²) in [5.74, 6) is 0. The van der Waals surface area contributed by atoms with Gasteiger partial charge in [-0.05, 0) is 47.1 Å². The predicted molar refractivity (Wildman–Crippen MR) is 94.6 cm³/mol. The number of halogens is 2. The van der Waals surface area contributed by atoms with E-state index in [9.17, 15) is 0 Å². The normalized spacial score (nSPS) is 12.8. The summed E-state index contributed by atoms with van der Waals surface area (Å²) in [5.41, 5.74) is 2.58. The van der Waals surface area contributed by atoms with Crippen LogP contribution in [0.25, 0.3) is 10.1 Å². The molecule has 0 saturated heterocycles. The van der Waals surface area contributed by atoms with Gasteiger partial charge >= 0.3 is 0 Å². The lowest BCUT2D eigenvalue weighted by molar-refractivity contribution is 0.695. The molecule has 20 heavy (non-hydrogen) atoms. The zero-order chi connectivity index (χ0) is 14.1. The van der Waals surface area contributed by atoms with E-state index in [0.717, 1.165) is 8.95 Å². The van der Waals surface area contributed by atoms with Crippen LogP contribution in [-0.4, -0.2) is 7.05 Å². The van der Waals surface area contributed by atoms with Crippen molar-refractivity contribution in [3.05, 3.63) is 67.9 Å². The van der Waals surface area contributed by atoms with Crippen molar-refractivity contribution in [1.82, 2.24) is 5.32 Å². The van der Waals surface area contributed by atoms with Crippen LogP contribution in [-0.2, 0) is 0 Å². The second-order valence-corrected chi connectivity index (χ2v) is 7.26. The number of nitrogens with one attached hydrogen (secondary N) is 1. The molecule has 0 saturated carbocycles. The van der Waals surface area contributed by atoms with Gasteiger partial charge in [-0.15, -0.1) is 11.3 Å². The average molecular weight is 411 g/mol. The molecule has 1 N–H and O–H groups in total. The topological polar surface area (TPSA) is 12.0 Å². The lowest BCUT2D eigenvalue weighted by Crippen LogP contribution is -2.17. The van der Waals surface area contributed by atoms with Crippen molar-refractivity contribution in [1.29, 1.82) is 0 Å². The van der Waals surface area contributed by atoms with Crippen molar-refractivity contribution in [3.8, 4) is 0 Å². The summed E-state index contributed by atoms with van der Waals surface area (Å²) in [7, 11) is 2.01. The Balaban J connectivity index is 2.14. The van der Waals surface area contributed by atoms with E-state index >= 15 is 0 Å². The first-order valence-corrected chi connectivity index (χ1v) is 8.75. The molecule has 0 bridgehead atoms. The highest BCUT2D eigenvalue weighted by Gasteiger charge is 2.18.